The molecule has 0 spiro atoms. The summed E-state index contributed by atoms with van der Waals surface area (Å²) in [5.74, 6) is 0. The zero-order chi connectivity index (χ0) is 6.72. The summed E-state index contributed by atoms with van der Waals surface area (Å²) in [6.45, 7) is 0. The lowest BCUT2D eigenvalue weighted by molar-refractivity contribution is 0.0936. The highest BCUT2D eigenvalue weighted by molar-refractivity contribution is 5.15. The zero-order valence-electron chi connectivity index (χ0n) is 6.16. The fourth-order valence-corrected chi connectivity index (χ4v) is 2.50. The van der Waals surface area contributed by atoms with Gasteiger partial charge in [0.1, 0.15) is 12.2 Å². The van der Waals surface area contributed by atoms with Gasteiger partial charge < -0.3 is 4.74 Å². The van der Waals surface area contributed by atoms with Crippen molar-refractivity contribution < 1.29 is 4.74 Å². The third-order valence-corrected chi connectivity index (χ3v) is 3.18. The molecule has 0 amide bonds. The van der Waals surface area contributed by atoms with Crippen LogP contribution < -0.4 is 0 Å². The second kappa shape index (κ2) is 1.56. The summed E-state index contributed by atoms with van der Waals surface area (Å²) in [6, 6.07) is 1.45. The Morgan fingerprint density at radius 1 is 1.30 bits per heavy atom. The molecule has 0 saturated carbocycles. The summed E-state index contributed by atoms with van der Waals surface area (Å²) in [5, 5.41) is 0. The highest BCUT2D eigenvalue weighted by Gasteiger charge is 2.60. The van der Waals surface area contributed by atoms with Crippen LogP contribution in [0.15, 0.2) is 0 Å². The molecule has 3 aliphatic rings. The molecule has 0 aliphatic carbocycles. The van der Waals surface area contributed by atoms with Crippen LogP contribution >= 0.6 is 0 Å². The highest BCUT2D eigenvalue weighted by Crippen LogP contribution is 2.46. The van der Waals surface area contributed by atoms with E-state index in [4.69, 9.17) is 4.74 Å². The molecular formula is C8H12NO. The van der Waals surface area contributed by atoms with Crippen LogP contribution in [-0.2, 0) is 4.74 Å². The van der Waals surface area contributed by atoms with Crippen molar-refractivity contribution in [3.8, 4) is 0 Å². The first-order valence-corrected chi connectivity index (χ1v) is 4.07. The van der Waals surface area contributed by atoms with Gasteiger partial charge in [-0.15, -0.1) is 0 Å². The first-order chi connectivity index (χ1) is 4.88. The minimum Gasteiger partial charge on any atom is -0.366 e. The summed E-state index contributed by atoms with van der Waals surface area (Å²) >= 11 is 0. The Hall–Kier alpha value is -0.0800. The first kappa shape index (κ1) is 5.56. The van der Waals surface area contributed by atoms with E-state index in [9.17, 15) is 0 Å². The molecule has 3 heterocycles. The third-order valence-electron chi connectivity index (χ3n) is 3.18. The summed E-state index contributed by atoms with van der Waals surface area (Å²) in [5.41, 5.74) is 0. The van der Waals surface area contributed by atoms with Crippen LogP contribution in [0.2, 0.25) is 0 Å². The van der Waals surface area contributed by atoms with Crippen LogP contribution in [0.25, 0.3) is 0 Å². The smallest absolute Gasteiger partial charge is 0.101 e. The van der Waals surface area contributed by atoms with Gasteiger partial charge in [-0.3, -0.25) is 4.90 Å². The van der Waals surface area contributed by atoms with Gasteiger partial charge in [0.05, 0.1) is 0 Å². The number of fused-ring (bicyclic) bond motifs is 5. The van der Waals surface area contributed by atoms with Crippen LogP contribution in [0.4, 0.5) is 0 Å². The van der Waals surface area contributed by atoms with Crippen LogP contribution in [-0.4, -0.2) is 36.2 Å². The van der Waals surface area contributed by atoms with Gasteiger partial charge in [-0.05, 0) is 26.3 Å². The zero-order valence-corrected chi connectivity index (χ0v) is 6.16. The van der Waals surface area contributed by atoms with Crippen molar-refractivity contribution in [2.24, 2.45) is 0 Å². The van der Waals surface area contributed by atoms with Crippen molar-refractivity contribution >= 4 is 0 Å². The van der Waals surface area contributed by atoms with Crippen molar-refractivity contribution in [1.82, 2.24) is 4.90 Å². The van der Waals surface area contributed by atoms with Gasteiger partial charge in [-0.25, -0.2) is 0 Å². The molecule has 0 aromatic carbocycles. The van der Waals surface area contributed by atoms with Crippen molar-refractivity contribution in [2.75, 3.05) is 7.05 Å². The maximum atomic E-state index is 5.53. The van der Waals surface area contributed by atoms with Crippen LogP contribution in [0.1, 0.15) is 12.8 Å². The van der Waals surface area contributed by atoms with Gasteiger partial charge in [-0.2, -0.15) is 0 Å². The van der Waals surface area contributed by atoms with Crippen molar-refractivity contribution in [3.05, 3.63) is 6.42 Å². The summed E-state index contributed by atoms with van der Waals surface area (Å²) in [4.78, 5) is 2.50. The Kier molecular flexibility index (Phi) is 0.868. The van der Waals surface area contributed by atoms with Gasteiger partial charge in [0.15, 0.2) is 0 Å². The molecule has 10 heavy (non-hydrogen) atoms. The second-order valence-electron chi connectivity index (χ2n) is 3.63. The Balaban J connectivity index is 1.94. The molecule has 1 radical (unpaired) electrons. The Labute approximate surface area is 61.1 Å². The minimum absolute atomic E-state index is 0.605. The fraction of sp³-hybridized carbons (Fsp3) is 0.875. The van der Waals surface area contributed by atoms with Gasteiger partial charge in [0, 0.05) is 12.1 Å². The molecule has 3 rings (SSSR count). The highest BCUT2D eigenvalue weighted by atomic mass is 16.6. The predicted octanol–water partition coefficient (Wildman–Crippen LogP) is 0.434. The normalized spacial score (nSPS) is 58.5. The number of rotatable bonds is 0. The van der Waals surface area contributed by atoms with E-state index in [-0.39, 0.29) is 0 Å². The van der Waals surface area contributed by atoms with E-state index in [1.807, 2.05) is 0 Å². The quantitative estimate of drug-likeness (QED) is 0.451. The topological polar surface area (TPSA) is 15.8 Å². The van der Waals surface area contributed by atoms with E-state index >= 15 is 0 Å². The average molecular weight is 138 g/mol. The number of nitrogens with zero attached hydrogens (tertiary/aromatic N) is 1. The Morgan fingerprint density at radius 2 is 1.90 bits per heavy atom. The van der Waals surface area contributed by atoms with Gasteiger partial charge >= 0.3 is 0 Å². The van der Waals surface area contributed by atoms with Gasteiger partial charge in [0.25, 0.3) is 0 Å². The predicted molar refractivity (Wildman–Crippen MR) is 37.5 cm³/mol. The SMILES string of the molecule is CN1[C@H]2C[CH]C[C@H]1[C@H]1O[C@H]12. The van der Waals surface area contributed by atoms with E-state index in [1.54, 1.807) is 0 Å². The lowest BCUT2D eigenvalue weighted by Gasteiger charge is -2.33. The van der Waals surface area contributed by atoms with Crippen LogP contribution in [0.3, 0.4) is 0 Å². The van der Waals surface area contributed by atoms with Crippen molar-refractivity contribution in [1.29, 1.82) is 0 Å². The molecule has 3 aliphatic heterocycles. The Morgan fingerprint density at radius 3 is 2.40 bits per heavy atom. The minimum atomic E-state index is 0.605. The molecule has 2 heteroatoms. The largest absolute Gasteiger partial charge is 0.366 e. The molecule has 55 valence electrons. The van der Waals surface area contributed by atoms with Crippen molar-refractivity contribution in [2.45, 2.75) is 37.1 Å². The standard InChI is InChI=1S/C8H12NO/c1-9-5-3-2-4-6(9)8-7(5)10-8/h2,5-8H,3-4H2,1H3/t5-,6-,7-,8+/m0/s1. The van der Waals surface area contributed by atoms with Gasteiger partial charge in [-0.1, -0.05) is 0 Å². The van der Waals surface area contributed by atoms with Crippen molar-refractivity contribution in [3.63, 3.8) is 0 Å². The summed E-state index contributed by atoms with van der Waals surface area (Å²) in [6.07, 6.45) is 6.12. The number of hydrogen-bond acceptors (Lipinski definition) is 2. The molecule has 2 bridgehead atoms. The fourth-order valence-electron chi connectivity index (χ4n) is 2.50. The maximum Gasteiger partial charge on any atom is 0.101 e. The molecular weight excluding hydrogens is 126 g/mol. The molecule has 0 unspecified atom stereocenters. The number of epoxide rings is 1. The monoisotopic (exact) mass is 138 g/mol. The molecule has 3 saturated heterocycles. The van der Waals surface area contributed by atoms with E-state index in [2.05, 4.69) is 18.4 Å². The number of piperidine rings is 1. The molecule has 0 aromatic heterocycles. The van der Waals surface area contributed by atoms with Crippen LogP contribution in [0, 0.1) is 6.42 Å². The molecule has 2 nitrogen and oxygen atoms in total. The lowest BCUT2D eigenvalue weighted by atomic mass is 10.0. The summed E-state index contributed by atoms with van der Waals surface area (Å²) < 4.78 is 5.53. The molecule has 0 N–H and O–H groups in total. The lowest BCUT2D eigenvalue weighted by Crippen LogP contribution is -2.41. The van der Waals surface area contributed by atoms with E-state index in [0.29, 0.717) is 12.2 Å². The number of morpholine rings is 1. The molecule has 3 fully saturated rings. The molecule has 4 atom stereocenters. The van der Waals surface area contributed by atoms with Crippen LogP contribution in [0.5, 0.6) is 0 Å². The average Bonchev–Trinajstić information content (AvgIpc) is 2.59. The van der Waals surface area contributed by atoms with E-state index in [1.165, 1.54) is 12.8 Å². The number of hydrogen-bond donors (Lipinski definition) is 0. The first-order valence-electron chi connectivity index (χ1n) is 4.07. The molecule has 0 aromatic rings. The maximum absolute atomic E-state index is 5.53. The van der Waals surface area contributed by atoms with E-state index < -0.39 is 0 Å². The second-order valence-corrected chi connectivity index (χ2v) is 3.63. The number of ether oxygens (including phenoxy) is 1. The Bertz CT molecular complexity index is 155. The van der Waals surface area contributed by atoms with Gasteiger partial charge in [0.2, 0.25) is 0 Å². The summed E-state index contributed by atoms with van der Waals surface area (Å²) in [7, 11) is 2.23. The van der Waals surface area contributed by atoms with E-state index in [0.717, 1.165) is 12.1 Å². The third kappa shape index (κ3) is 0.487. The number of likely N-dealkylation sites (N-methyl/N-ethyl adjacent to an activating group) is 1.